The fraction of sp³-hybridized carbons (Fsp3) is 0.441. The molecule has 0 saturated carbocycles. The van der Waals surface area contributed by atoms with Crippen LogP contribution in [0.25, 0.3) is 11.8 Å². The average molecular weight is 632 g/mol. The van der Waals surface area contributed by atoms with Gasteiger partial charge in [-0.15, -0.1) is 0 Å². The van der Waals surface area contributed by atoms with E-state index < -0.39 is 28.8 Å². The third kappa shape index (κ3) is 10.2. The molecule has 1 aliphatic rings. The molecule has 0 bridgehead atoms. The van der Waals surface area contributed by atoms with E-state index in [4.69, 9.17) is 9.41 Å². The van der Waals surface area contributed by atoms with E-state index in [0.717, 1.165) is 54.7 Å². The summed E-state index contributed by atoms with van der Waals surface area (Å²) in [6, 6.07) is 6.86. The third-order valence-corrected chi connectivity index (χ3v) is 8.94. The SMILES string of the molecule is C=C(CCCS(=O)c1cc(C)c(/C=C\NC)o1)C(O)NCC1=CCCC(C(CC)CC)=NC(c2ccc(C(F)(F)F)cc2)=C1. The molecule has 2 atom stereocenters. The molecule has 0 saturated heterocycles. The minimum atomic E-state index is -4.41. The maximum atomic E-state index is 13.2. The van der Waals surface area contributed by atoms with Gasteiger partial charge in [0.1, 0.15) is 12.0 Å². The number of aliphatic hydroxyl groups excluding tert-OH is 1. The number of rotatable bonds is 15. The van der Waals surface area contributed by atoms with E-state index in [1.54, 1.807) is 25.4 Å². The van der Waals surface area contributed by atoms with Crippen LogP contribution < -0.4 is 10.6 Å². The van der Waals surface area contributed by atoms with E-state index in [1.807, 2.05) is 13.0 Å². The topological polar surface area (TPSA) is 86.9 Å². The maximum Gasteiger partial charge on any atom is 0.416 e. The standard InChI is InChI=1S/C34H44F3N3O3S/c1-6-26(7-2)29-12-8-11-25(21-30(40-29)27-13-15-28(16-14-27)34(35,36)37)22-39-33(41)23(3)10-9-19-44(42)32-20-24(4)31(43-32)17-18-38-5/h11,13-18,20-21,26,33,38-39,41H,3,6-10,12,19,22H2,1-2,4-5H3/b18-17-,25-11?,30-21?,40-29?. The Hall–Kier alpha value is -3.21. The molecule has 2 aromatic rings. The minimum absolute atomic E-state index is 0.300. The number of nitrogens with zero attached hydrogens (tertiary/aromatic N) is 1. The Balaban J connectivity index is 1.64. The van der Waals surface area contributed by atoms with Crippen molar-refractivity contribution in [2.75, 3.05) is 19.3 Å². The molecule has 1 aromatic carbocycles. The molecule has 0 spiro atoms. The molecule has 0 fully saturated rings. The van der Waals surface area contributed by atoms with Gasteiger partial charge in [0.15, 0.2) is 5.09 Å². The largest absolute Gasteiger partial charge is 0.448 e. The summed E-state index contributed by atoms with van der Waals surface area (Å²) in [5, 5.41) is 17.2. The van der Waals surface area contributed by atoms with Crippen LogP contribution in [0.5, 0.6) is 0 Å². The lowest BCUT2D eigenvalue weighted by molar-refractivity contribution is -0.137. The van der Waals surface area contributed by atoms with Crippen LogP contribution in [0.3, 0.4) is 0 Å². The van der Waals surface area contributed by atoms with Gasteiger partial charge in [-0.1, -0.05) is 38.6 Å². The molecule has 6 nitrogen and oxygen atoms in total. The third-order valence-electron chi connectivity index (χ3n) is 7.63. The first-order valence-corrected chi connectivity index (χ1v) is 16.4. The van der Waals surface area contributed by atoms with Crippen LogP contribution in [0.15, 0.2) is 80.9 Å². The van der Waals surface area contributed by atoms with Gasteiger partial charge >= 0.3 is 6.18 Å². The van der Waals surface area contributed by atoms with Crippen LogP contribution in [-0.2, 0) is 17.0 Å². The monoisotopic (exact) mass is 631 g/mol. The lowest BCUT2D eigenvalue weighted by atomic mass is 9.92. The molecule has 10 heteroatoms. The van der Waals surface area contributed by atoms with Crippen molar-refractivity contribution in [2.45, 2.75) is 76.8 Å². The molecule has 240 valence electrons. The molecule has 0 amide bonds. The number of aryl methyl sites for hydroxylation is 1. The molecule has 3 N–H and O–H groups in total. The van der Waals surface area contributed by atoms with Crippen molar-refractivity contribution in [2.24, 2.45) is 10.9 Å². The highest BCUT2D eigenvalue weighted by Crippen LogP contribution is 2.31. The summed E-state index contributed by atoms with van der Waals surface area (Å²) >= 11 is 0. The maximum absolute atomic E-state index is 13.2. The second-order valence-corrected chi connectivity index (χ2v) is 12.4. The van der Waals surface area contributed by atoms with Crippen LogP contribution in [-0.4, -0.2) is 40.6 Å². The Labute approximate surface area is 261 Å². The van der Waals surface area contributed by atoms with Gasteiger partial charge in [-0.2, -0.15) is 13.2 Å². The second-order valence-electron chi connectivity index (χ2n) is 10.9. The quantitative estimate of drug-likeness (QED) is 0.138. The van der Waals surface area contributed by atoms with Gasteiger partial charge in [-0.25, -0.2) is 0 Å². The van der Waals surface area contributed by atoms with Crippen LogP contribution >= 0.6 is 0 Å². The number of nitrogens with one attached hydrogen (secondary N) is 2. The van der Waals surface area contributed by atoms with Crippen LogP contribution in [0.2, 0.25) is 0 Å². The van der Waals surface area contributed by atoms with Crippen molar-refractivity contribution in [3.05, 3.63) is 88.9 Å². The van der Waals surface area contributed by atoms with E-state index in [0.29, 0.717) is 58.7 Å². The number of aliphatic imine (C=N–C) groups is 1. The smallest absolute Gasteiger partial charge is 0.416 e. The summed E-state index contributed by atoms with van der Waals surface area (Å²) in [5.74, 6) is 1.33. The molecule has 1 aromatic heterocycles. The molecule has 44 heavy (non-hydrogen) atoms. The summed E-state index contributed by atoms with van der Waals surface area (Å²) < 4.78 is 58.0. The number of allylic oxidation sites excluding steroid dienone is 1. The predicted octanol–water partition coefficient (Wildman–Crippen LogP) is 7.79. The number of furan rings is 1. The minimum Gasteiger partial charge on any atom is -0.448 e. The highest BCUT2D eigenvalue weighted by molar-refractivity contribution is 7.84. The Bertz CT molecular complexity index is 1400. The number of alkyl halides is 3. The first-order valence-electron chi connectivity index (χ1n) is 15.0. The summed E-state index contributed by atoms with van der Waals surface area (Å²) in [6.07, 6.45) is 6.51. The fourth-order valence-electron chi connectivity index (χ4n) is 4.97. The highest BCUT2D eigenvalue weighted by atomic mass is 32.2. The number of benzene rings is 1. The molecular formula is C34H44F3N3O3S. The zero-order valence-electron chi connectivity index (χ0n) is 26.0. The van der Waals surface area contributed by atoms with Gasteiger partial charge in [-0.05, 0) is 105 Å². The van der Waals surface area contributed by atoms with Gasteiger partial charge in [0.05, 0.1) is 22.1 Å². The molecule has 0 radical (unpaired) electrons. The van der Waals surface area contributed by atoms with Gasteiger partial charge in [-0.3, -0.25) is 14.5 Å². The predicted molar refractivity (Wildman–Crippen MR) is 173 cm³/mol. The molecule has 2 heterocycles. The normalized spacial score (nSPS) is 15.8. The Morgan fingerprint density at radius 1 is 1.23 bits per heavy atom. The first-order chi connectivity index (χ1) is 21.0. The van der Waals surface area contributed by atoms with E-state index in [2.05, 4.69) is 37.1 Å². The molecular weight excluding hydrogens is 587 g/mol. The van der Waals surface area contributed by atoms with Gasteiger partial charge in [0.25, 0.3) is 0 Å². The molecule has 0 aliphatic carbocycles. The summed E-state index contributed by atoms with van der Waals surface area (Å²) in [7, 11) is 0.475. The molecule has 2 unspecified atom stereocenters. The Morgan fingerprint density at radius 2 is 1.93 bits per heavy atom. The molecule has 3 rings (SSSR count). The lowest BCUT2D eigenvalue weighted by Crippen LogP contribution is -2.32. The van der Waals surface area contributed by atoms with Crippen LogP contribution in [0, 0.1) is 12.8 Å². The van der Waals surface area contributed by atoms with Gasteiger partial charge in [0.2, 0.25) is 0 Å². The lowest BCUT2D eigenvalue weighted by Gasteiger charge is -2.20. The van der Waals surface area contributed by atoms with Crippen molar-refractivity contribution in [3.63, 3.8) is 0 Å². The Kier molecular flexibility index (Phi) is 13.4. The highest BCUT2D eigenvalue weighted by Gasteiger charge is 2.30. The summed E-state index contributed by atoms with van der Waals surface area (Å²) in [4.78, 5) is 4.96. The van der Waals surface area contributed by atoms with Crippen molar-refractivity contribution < 1.29 is 26.9 Å². The van der Waals surface area contributed by atoms with E-state index in [9.17, 15) is 22.5 Å². The van der Waals surface area contributed by atoms with Crippen LogP contribution in [0.1, 0.15) is 74.8 Å². The van der Waals surface area contributed by atoms with Crippen molar-refractivity contribution >= 4 is 28.3 Å². The number of halogens is 3. The Morgan fingerprint density at radius 3 is 2.57 bits per heavy atom. The fourth-order valence-corrected chi connectivity index (χ4v) is 6.07. The van der Waals surface area contributed by atoms with E-state index in [-0.39, 0.29) is 0 Å². The van der Waals surface area contributed by atoms with E-state index in [1.165, 1.54) is 12.1 Å². The summed E-state index contributed by atoms with van der Waals surface area (Å²) in [5.41, 5.74) is 3.89. The second kappa shape index (κ2) is 16.7. The number of hydrogen-bond acceptors (Lipinski definition) is 6. The zero-order valence-corrected chi connectivity index (χ0v) is 26.8. The molecule has 1 aliphatic heterocycles. The average Bonchev–Trinajstić information content (AvgIpc) is 3.36. The number of aliphatic hydroxyl groups is 1. The van der Waals surface area contributed by atoms with Crippen molar-refractivity contribution in [1.29, 1.82) is 0 Å². The summed E-state index contributed by atoms with van der Waals surface area (Å²) in [6.45, 7) is 10.5. The number of hydrogen-bond donors (Lipinski definition) is 3. The van der Waals surface area contributed by atoms with Crippen LogP contribution in [0.4, 0.5) is 13.2 Å². The van der Waals surface area contributed by atoms with Crippen molar-refractivity contribution in [3.8, 4) is 0 Å². The van der Waals surface area contributed by atoms with E-state index >= 15 is 0 Å². The van der Waals surface area contributed by atoms with Gasteiger partial charge < -0.3 is 14.8 Å². The van der Waals surface area contributed by atoms with Crippen molar-refractivity contribution in [1.82, 2.24) is 10.6 Å². The first kappa shape index (κ1) is 35.3. The van der Waals surface area contributed by atoms with Gasteiger partial charge in [0, 0.05) is 30.6 Å². The zero-order chi connectivity index (χ0) is 32.3.